The van der Waals surface area contributed by atoms with Gasteiger partial charge in [-0.3, -0.25) is 15.0 Å². The zero-order chi connectivity index (χ0) is 13.5. The first-order valence-corrected chi connectivity index (χ1v) is 6.90. The third-order valence-corrected chi connectivity index (χ3v) is 4.44. The largest absolute Gasteiger partial charge is 0.317 e. The van der Waals surface area contributed by atoms with Crippen molar-refractivity contribution in [3.05, 3.63) is 34.4 Å². The first kappa shape index (κ1) is 12.8. The lowest BCUT2D eigenvalue weighted by molar-refractivity contribution is -0.588. The lowest BCUT2D eigenvalue weighted by Gasteiger charge is -2.42. The molecule has 3 aliphatic rings. The number of nitrogens with two attached hydrogens (primary N) is 1. The van der Waals surface area contributed by atoms with Gasteiger partial charge in [0, 0.05) is 43.2 Å². The second kappa shape index (κ2) is 4.70. The molecule has 6 nitrogen and oxygen atoms in total. The Balaban J connectivity index is 1.76. The quantitative estimate of drug-likeness (QED) is 0.582. The van der Waals surface area contributed by atoms with Crippen molar-refractivity contribution in [1.29, 1.82) is 0 Å². The topological polar surface area (TPSA) is 75.6 Å². The number of nitrogens with zero attached hydrogens (tertiary/aromatic N) is 3. The molecule has 2 atom stereocenters. The number of nitro groups is 1. The molecule has 2 fully saturated rings. The molecule has 1 aliphatic heterocycles. The first-order valence-electron chi connectivity index (χ1n) is 6.90. The average molecular weight is 264 g/mol. The smallest absolute Gasteiger partial charge is 0.315 e. The summed E-state index contributed by atoms with van der Waals surface area (Å²) in [5.41, 5.74) is 4.76. The van der Waals surface area contributed by atoms with Gasteiger partial charge in [0.2, 0.25) is 0 Å². The van der Waals surface area contributed by atoms with Crippen LogP contribution in [-0.2, 0) is 0 Å². The van der Waals surface area contributed by atoms with Crippen molar-refractivity contribution in [2.75, 3.05) is 26.2 Å². The highest BCUT2D eigenvalue weighted by atomic mass is 16.6. The molecule has 19 heavy (non-hydrogen) atoms. The molecule has 0 radical (unpaired) electrons. The molecule has 1 saturated carbocycles. The fourth-order valence-electron chi connectivity index (χ4n) is 3.13. The predicted molar refractivity (Wildman–Crippen MR) is 72.1 cm³/mol. The number of piperazine rings is 1. The normalized spacial score (nSPS) is 36.6. The van der Waals surface area contributed by atoms with Crippen molar-refractivity contribution >= 4 is 0 Å². The maximum atomic E-state index is 11.6. The highest BCUT2D eigenvalue weighted by Gasteiger charge is 2.53. The third-order valence-electron chi connectivity index (χ3n) is 4.44. The number of hydrogen-bond donors (Lipinski definition) is 1. The highest BCUT2D eigenvalue weighted by Crippen LogP contribution is 2.31. The summed E-state index contributed by atoms with van der Waals surface area (Å²) in [6.07, 6.45) is 9.44. The van der Waals surface area contributed by atoms with Gasteiger partial charge in [-0.05, 0) is 12.8 Å². The molecule has 2 N–H and O–H groups in total. The van der Waals surface area contributed by atoms with Crippen LogP contribution in [0.25, 0.3) is 0 Å². The minimum atomic E-state index is -1.26. The summed E-state index contributed by atoms with van der Waals surface area (Å²) >= 11 is 0. The molecule has 0 aromatic rings. The van der Waals surface area contributed by atoms with E-state index in [9.17, 15) is 10.1 Å². The molecule has 1 heterocycles. The molecule has 3 rings (SSSR count). The van der Waals surface area contributed by atoms with E-state index in [0.29, 0.717) is 13.1 Å². The van der Waals surface area contributed by atoms with Crippen molar-refractivity contribution < 1.29 is 4.92 Å². The van der Waals surface area contributed by atoms with Crippen molar-refractivity contribution in [2.45, 2.75) is 30.6 Å². The second-order valence-corrected chi connectivity index (χ2v) is 5.56. The van der Waals surface area contributed by atoms with Crippen LogP contribution in [0.15, 0.2) is 24.3 Å². The van der Waals surface area contributed by atoms with E-state index in [1.807, 2.05) is 4.90 Å². The molecule has 0 aromatic heterocycles. The predicted octanol–water partition coefficient (Wildman–Crippen LogP) is 0.193. The van der Waals surface area contributed by atoms with Gasteiger partial charge in [0.25, 0.3) is 0 Å². The summed E-state index contributed by atoms with van der Waals surface area (Å²) in [6, 6.07) is 0.143. The summed E-state index contributed by atoms with van der Waals surface area (Å²) < 4.78 is 0. The first-order chi connectivity index (χ1) is 9.14. The van der Waals surface area contributed by atoms with Gasteiger partial charge in [-0.25, -0.2) is 4.90 Å². The fourth-order valence-corrected chi connectivity index (χ4v) is 3.13. The number of rotatable bonds is 3. The number of allylic oxidation sites excluding steroid dienone is 2. The Kier molecular flexibility index (Phi) is 3.16. The third kappa shape index (κ3) is 2.09. The van der Waals surface area contributed by atoms with E-state index in [2.05, 4.69) is 4.90 Å². The Morgan fingerprint density at radius 1 is 1.21 bits per heavy atom. The van der Waals surface area contributed by atoms with E-state index in [1.54, 1.807) is 24.3 Å². The van der Waals surface area contributed by atoms with Crippen LogP contribution in [0.3, 0.4) is 0 Å². The van der Waals surface area contributed by atoms with Crippen molar-refractivity contribution in [2.24, 2.45) is 5.73 Å². The maximum Gasteiger partial charge on any atom is 0.315 e. The molecule has 6 heteroatoms. The van der Waals surface area contributed by atoms with Gasteiger partial charge in [0.05, 0.1) is 0 Å². The van der Waals surface area contributed by atoms with Gasteiger partial charge in [-0.1, -0.05) is 18.2 Å². The van der Waals surface area contributed by atoms with Crippen LogP contribution in [0.5, 0.6) is 0 Å². The van der Waals surface area contributed by atoms with Crippen LogP contribution in [0.2, 0.25) is 0 Å². The SMILES string of the molecule is NC1C=CC=CC1(N1CCN(C2CC2)CC1)[N+](=O)[O-]. The zero-order valence-electron chi connectivity index (χ0n) is 10.9. The average Bonchev–Trinajstić information content (AvgIpc) is 3.24. The molecule has 104 valence electrons. The summed E-state index contributed by atoms with van der Waals surface area (Å²) in [6.45, 7) is 3.24. The molecule has 0 bridgehead atoms. The molecule has 0 amide bonds. The van der Waals surface area contributed by atoms with Crippen LogP contribution in [0.4, 0.5) is 0 Å². The van der Waals surface area contributed by atoms with E-state index in [4.69, 9.17) is 5.73 Å². The van der Waals surface area contributed by atoms with Crippen LogP contribution in [-0.4, -0.2) is 58.6 Å². The Bertz CT molecular complexity index is 424. The zero-order valence-corrected chi connectivity index (χ0v) is 10.9. The lowest BCUT2D eigenvalue weighted by atomic mass is 9.93. The van der Waals surface area contributed by atoms with Crippen LogP contribution in [0, 0.1) is 10.1 Å². The summed E-state index contributed by atoms with van der Waals surface area (Å²) in [4.78, 5) is 15.7. The standard InChI is InChI=1S/C13H20N4O2/c14-12-3-1-2-6-13(12,17(18)19)16-9-7-15(8-10-16)11-4-5-11/h1-3,6,11-12H,4-5,7-10,14H2. The monoisotopic (exact) mass is 264 g/mol. The van der Waals surface area contributed by atoms with E-state index in [0.717, 1.165) is 19.1 Å². The minimum absolute atomic E-state index is 0.232. The molecule has 0 spiro atoms. The summed E-state index contributed by atoms with van der Waals surface area (Å²) in [5, 5.41) is 11.6. The molecule has 2 aliphatic carbocycles. The van der Waals surface area contributed by atoms with Crippen LogP contribution in [0.1, 0.15) is 12.8 Å². The van der Waals surface area contributed by atoms with Gasteiger partial charge in [0.1, 0.15) is 6.04 Å². The van der Waals surface area contributed by atoms with E-state index in [-0.39, 0.29) is 4.92 Å². The van der Waals surface area contributed by atoms with Crippen LogP contribution < -0.4 is 5.73 Å². The highest BCUT2D eigenvalue weighted by molar-refractivity contribution is 5.24. The minimum Gasteiger partial charge on any atom is -0.317 e. The van der Waals surface area contributed by atoms with Gasteiger partial charge in [0.15, 0.2) is 0 Å². The van der Waals surface area contributed by atoms with Gasteiger partial charge >= 0.3 is 5.66 Å². The Hall–Kier alpha value is -1.24. The Morgan fingerprint density at radius 3 is 2.42 bits per heavy atom. The lowest BCUT2D eigenvalue weighted by Crippen LogP contribution is -2.67. The van der Waals surface area contributed by atoms with Crippen molar-refractivity contribution in [1.82, 2.24) is 9.80 Å². The van der Waals surface area contributed by atoms with Crippen molar-refractivity contribution in [3.8, 4) is 0 Å². The van der Waals surface area contributed by atoms with Gasteiger partial charge in [-0.15, -0.1) is 0 Å². The fraction of sp³-hybridized carbons (Fsp3) is 0.692. The Morgan fingerprint density at radius 2 is 1.89 bits per heavy atom. The van der Waals surface area contributed by atoms with E-state index >= 15 is 0 Å². The molecular formula is C13H20N4O2. The van der Waals surface area contributed by atoms with Gasteiger partial charge < -0.3 is 5.73 Å². The molecule has 1 saturated heterocycles. The summed E-state index contributed by atoms with van der Waals surface area (Å²) in [5.74, 6) is 0. The Labute approximate surface area is 112 Å². The van der Waals surface area contributed by atoms with E-state index in [1.165, 1.54) is 12.8 Å². The van der Waals surface area contributed by atoms with Gasteiger partial charge in [-0.2, -0.15) is 0 Å². The second-order valence-electron chi connectivity index (χ2n) is 5.56. The molecular weight excluding hydrogens is 244 g/mol. The summed E-state index contributed by atoms with van der Waals surface area (Å²) in [7, 11) is 0. The molecule has 2 unspecified atom stereocenters. The van der Waals surface area contributed by atoms with Crippen LogP contribution >= 0.6 is 0 Å². The number of hydrogen-bond acceptors (Lipinski definition) is 5. The molecule has 0 aromatic carbocycles. The maximum absolute atomic E-state index is 11.6. The van der Waals surface area contributed by atoms with Crippen molar-refractivity contribution in [3.63, 3.8) is 0 Å². The van der Waals surface area contributed by atoms with E-state index < -0.39 is 11.7 Å².